The van der Waals surface area contributed by atoms with Crippen LogP contribution in [0.4, 0.5) is 0 Å². The van der Waals surface area contributed by atoms with Crippen LogP contribution >= 0.6 is 7.60 Å². The van der Waals surface area contributed by atoms with Gasteiger partial charge in [0, 0.05) is 6.04 Å². The molecule has 1 heterocycles. The SMILES string of the molecule is CCOP(=O)(OCC)[C@H]1N[C@@H]1CC. The van der Waals surface area contributed by atoms with E-state index in [-0.39, 0.29) is 5.78 Å². The summed E-state index contributed by atoms with van der Waals surface area (Å²) >= 11 is 0. The Morgan fingerprint density at radius 2 is 1.77 bits per heavy atom. The minimum atomic E-state index is -2.86. The Bertz CT molecular complexity index is 200. The molecule has 0 amide bonds. The van der Waals surface area contributed by atoms with Crippen molar-refractivity contribution >= 4 is 7.60 Å². The van der Waals surface area contributed by atoms with Crippen molar-refractivity contribution in [3.63, 3.8) is 0 Å². The molecule has 4 nitrogen and oxygen atoms in total. The van der Waals surface area contributed by atoms with Crippen molar-refractivity contribution in [2.24, 2.45) is 0 Å². The molecule has 13 heavy (non-hydrogen) atoms. The van der Waals surface area contributed by atoms with Gasteiger partial charge in [0.1, 0.15) is 5.78 Å². The highest BCUT2D eigenvalue weighted by Gasteiger charge is 2.51. The van der Waals surface area contributed by atoms with Gasteiger partial charge < -0.3 is 9.05 Å². The number of hydrogen-bond donors (Lipinski definition) is 1. The minimum Gasteiger partial charge on any atom is -0.308 e. The lowest BCUT2D eigenvalue weighted by Crippen LogP contribution is -2.04. The van der Waals surface area contributed by atoms with E-state index >= 15 is 0 Å². The van der Waals surface area contributed by atoms with E-state index in [0.717, 1.165) is 6.42 Å². The fourth-order valence-electron chi connectivity index (χ4n) is 1.37. The van der Waals surface area contributed by atoms with Gasteiger partial charge >= 0.3 is 7.60 Å². The molecule has 0 aromatic rings. The summed E-state index contributed by atoms with van der Waals surface area (Å²) in [5.74, 6) is -0.0719. The van der Waals surface area contributed by atoms with Gasteiger partial charge in [0.05, 0.1) is 13.2 Å². The molecule has 0 aliphatic carbocycles. The summed E-state index contributed by atoms with van der Waals surface area (Å²) < 4.78 is 22.4. The molecule has 0 saturated carbocycles. The maximum absolute atomic E-state index is 12.0. The molecule has 1 N–H and O–H groups in total. The Hall–Kier alpha value is 0.110. The Morgan fingerprint density at radius 1 is 1.23 bits per heavy atom. The average molecular weight is 207 g/mol. The zero-order valence-corrected chi connectivity index (χ0v) is 9.34. The molecular weight excluding hydrogens is 189 g/mol. The zero-order chi connectivity index (χ0) is 9.90. The first-order valence-corrected chi connectivity index (χ1v) is 6.44. The summed E-state index contributed by atoms with van der Waals surface area (Å²) in [4.78, 5) is 0. The van der Waals surface area contributed by atoms with E-state index in [4.69, 9.17) is 9.05 Å². The molecular formula is C8H18NO3P. The second-order valence-corrected chi connectivity index (χ2v) is 5.15. The van der Waals surface area contributed by atoms with Gasteiger partial charge in [0.25, 0.3) is 0 Å². The van der Waals surface area contributed by atoms with Crippen molar-refractivity contribution in [1.29, 1.82) is 0 Å². The van der Waals surface area contributed by atoms with Crippen molar-refractivity contribution in [2.45, 2.75) is 39.0 Å². The van der Waals surface area contributed by atoms with Crippen molar-refractivity contribution in [1.82, 2.24) is 5.32 Å². The van der Waals surface area contributed by atoms with E-state index in [1.807, 2.05) is 13.8 Å². The molecule has 0 bridgehead atoms. The largest absolute Gasteiger partial charge is 0.349 e. The van der Waals surface area contributed by atoms with Crippen LogP contribution in [0.15, 0.2) is 0 Å². The van der Waals surface area contributed by atoms with Gasteiger partial charge in [-0.25, -0.2) is 0 Å². The van der Waals surface area contributed by atoms with Gasteiger partial charge in [0.2, 0.25) is 0 Å². The maximum Gasteiger partial charge on any atom is 0.349 e. The van der Waals surface area contributed by atoms with Gasteiger partial charge in [-0.1, -0.05) is 6.92 Å². The number of hydrogen-bond acceptors (Lipinski definition) is 4. The predicted molar refractivity (Wildman–Crippen MR) is 51.9 cm³/mol. The molecule has 0 aromatic carbocycles. The Kier molecular flexibility index (Phi) is 3.92. The minimum absolute atomic E-state index is 0.0719. The quantitative estimate of drug-likeness (QED) is 0.534. The second kappa shape index (κ2) is 4.56. The van der Waals surface area contributed by atoms with Gasteiger partial charge in [-0.2, -0.15) is 0 Å². The van der Waals surface area contributed by atoms with Crippen LogP contribution in [0.1, 0.15) is 27.2 Å². The molecule has 78 valence electrons. The third kappa shape index (κ3) is 2.53. The van der Waals surface area contributed by atoms with Crippen LogP contribution < -0.4 is 5.32 Å². The predicted octanol–water partition coefficient (Wildman–Crippen LogP) is 1.96. The molecule has 1 rings (SSSR count). The molecule has 1 aliphatic rings. The molecule has 2 atom stereocenters. The van der Waals surface area contributed by atoms with Crippen LogP contribution in [0.2, 0.25) is 0 Å². The average Bonchev–Trinajstić information content (AvgIpc) is 2.84. The Morgan fingerprint density at radius 3 is 2.08 bits per heavy atom. The zero-order valence-electron chi connectivity index (χ0n) is 8.45. The number of rotatable bonds is 6. The van der Waals surface area contributed by atoms with Crippen molar-refractivity contribution < 1.29 is 13.6 Å². The highest BCUT2D eigenvalue weighted by atomic mass is 31.2. The van der Waals surface area contributed by atoms with Crippen LogP contribution in [-0.4, -0.2) is 25.0 Å². The van der Waals surface area contributed by atoms with Gasteiger partial charge in [-0.15, -0.1) is 0 Å². The van der Waals surface area contributed by atoms with Crippen LogP contribution in [0.3, 0.4) is 0 Å². The van der Waals surface area contributed by atoms with E-state index in [2.05, 4.69) is 12.2 Å². The van der Waals surface area contributed by atoms with E-state index in [1.54, 1.807) is 0 Å². The summed E-state index contributed by atoms with van der Waals surface area (Å²) in [6.07, 6.45) is 0.967. The van der Waals surface area contributed by atoms with Crippen molar-refractivity contribution in [3.8, 4) is 0 Å². The van der Waals surface area contributed by atoms with Crippen LogP contribution in [0.25, 0.3) is 0 Å². The fraction of sp³-hybridized carbons (Fsp3) is 1.00. The summed E-state index contributed by atoms with van der Waals surface area (Å²) in [6.45, 7) is 6.59. The lowest BCUT2D eigenvalue weighted by molar-refractivity contribution is 0.218. The first-order chi connectivity index (χ1) is 6.18. The first kappa shape index (κ1) is 11.2. The lowest BCUT2D eigenvalue weighted by atomic mass is 10.4. The third-order valence-corrected chi connectivity index (χ3v) is 4.48. The lowest BCUT2D eigenvalue weighted by Gasteiger charge is -2.15. The molecule has 0 unspecified atom stereocenters. The Balaban J connectivity index is 2.53. The van der Waals surface area contributed by atoms with E-state index in [1.165, 1.54) is 0 Å². The standard InChI is InChI=1S/C8H18NO3P/c1-4-7-8(9-7)13(10,11-5-2)12-6-3/h7-9H,4-6H2,1-3H3/t7-,8-/m1/s1. The molecule has 1 fully saturated rings. The van der Waals surface area contributed by atoms with Gasteiger partial charge in [0.15, 0.2) is 0 Å². The highest BCUT2D eigenvalue weighted by molar-refractivity contribution is 7.55. The molecule has 0 aromatic heterocycles. The van der Waals surface area contributed by atoms with Crippen LogP contribution in [0, 0.1) is 0 Å². The molecule has 1 aliphatic heterocycles. The summed E-state index contributed by atoms with van der Waals surface area (Å²) in [5.41, 5.74) is 0. The van der Waals surface area contributed by atoms with E-state index < -0.39 is 7.60 Å². The summed E-state index contributed by atoms with van der Waals surface area (Å²) in [6, 6.07) is 0.309. The molecule has 5 heteroatoms. The van der Waals surface area contributed by atoms with Gasteiger partial charge in [-0.05, 0) is 20.3 Å². The monoisotopic (exact) mass is 207 g/mol. The second-order valence-electron chi connectivity index (χ2n) is 3.00. The Labute approximate surface area is 79.5 Å². The third-order valence-electron chi connectivity index (χ3n) is 2.06. The molecule has 1 saturated heterocycles. The molecule has 0 radical (unpaired) electrons. The van der Waals surface area contributed by atoms with Crippen molar-refractivity contribution in [2.75, 3.05) is 13.2 Å². The smallest absolute Gasteiger partial charge is 0.308 e. The summed E-state index contributed by atoms with van der Waals surface area (Å²) in [7, 11) is -2.86. The molecule has 0 spiro atoms. The van der Waals surface area contributed by atoms with Crippen molar-refractivity contribution in [3.05, 3.63) is 0 Å². The topological polar surface area (TPSA) is 57.5 Å². The maximum atomic E-state index is 12.0. The first-order valence-electron chi connectivity index (χ1n) is 4.82. The van der Waals surface area contributed by atoms with Crippen LogP contribution in [-0.2, 0) is 13.6 Å². The van der Waals surface area contributed by atoms with Gasteiger partial charge in [-0.3, -0.25) is 9.88 Å². The van der Waals surface area contributed by atoms with Crippen LogP contribution in [0.5, 0.6) is 0 Å². The normalized spacial score (nSPS) is 27.6. The van der Waals surface area contributed by atoms with E-state index in [9.17, 15) is 4.57 Å². The highest BCUT2D eigenvalue weighted by Crippen LogP contribution is 2.58. The van der Waals surface area contributed by atoms with E-state index in [0.29, 0.717) is 19.3 Å². The summed E-state index contributed by atoms with van der Waals surface area (Å²) in [5, 5.41) is 3.12. The fourth-order valence-corrected chi connectivity index (χ4v) is 3.52. The number of nitrogens with one attached hydrogen (secondary N) is 1.